The van der Waals surface area contributed by atoms with Crippen molar-refractivity contribution in [3.8, 4) is 5.75 Å². The first-order valence-corrected chi connectivity index (χ1v) is 11.2. The number of nitro groups is 1. The van der Waals surface area contributed by atoms with Crippen LogP contribution in [0.5, 0.6) is 5.75 Å². The molecular weight excluding hydrogens is 406 g/mol. The maximum Gasteiger partial charge on any atom is 0.312 e. The summed E-state index contributed by atoms with van der Waals surface area (Å²) in [4.78, 5) is 12.8. The van der Waals surface area contributed by atoms with Crippen molar-refractivity contribution in [3.63, 3.8) is 0 Å². The van der Waals surface area contributed by atoms with Gasteiger partial charge in [0.15, 0.2) is 5.75 Å². The van der Waals surface area contributed by atoms with Gasteiger partial charge in [-0.1, -0.05) is 17.7 Å². The third-order valence-electron chi connectivity index (χ3n) is 5.54. The molecule has 1 saturated heterocycles. The highest BCUT2D eigenvalue weighted by Gasteiger charge is 2.30. The van der Waals surface area contributed by atoms with Crippen molar-refractivity contribution in [1.82, 2.24) is 9.21 Å². The van der Waals surface area contributed by atoms with Crippen LogP contribution in [0.2, 0.25) is 0 Å². The molecule has 0 atom stereocenters. The SMILES string of the molecule is COc1ccc(S(=O)(=O)N2CCN(Cc3c(C)cc(C)cc3C)CC2)cc1[N+](=O)[O-]. The molecule has 0 aromatic heterocycles. The monoisotopic (exact) mass is 433 g/mol. The van der Waals surface area contributed by atoms with Gasteiger partial charge >= 0.3 is 5.69 Å². The molecule has 8 nitrogen and oxygen atoms in total. The summed E-state index contributed by atoms with van der Waals surface area (Å²) in [5.41, 5.74) is 4.64. The van der Waals surface area contributed by atoms with Crippen molar-refractivity contribution in [2.75, 3.05) is 33.3 Å². The predicted octanol–water partition coefficient (Wildman–Crippen LogP) is 3.04. The van der Waals surface area contributed by atoms with E-state index in [1.165, 1.54) is 45.8 Å². The Balaban J connectivity index is 1.73. The Hall–Kier alpha value is -2.49. The third-order valence-corrected chi connectivity index (χ3v) is 7.43. The minimum absolute atomic E-state index is 0.0348. The highest BCUT2D eigenvalue weighted by molar-refractivity contribution is 7.89. The number of rotatable bonds is 6. The van der Waals surface area contributed by atoms with E-state index in [1.807, 2.05) is 0 Å². The lowest BCUT2D eigenvalue weighted by molar-refractivity contribution is -0.386. The second-order valence-electron chi connectivity index (χ2n) is 7.65. The zero-order valence-electron chi connectivity index (χ0n) is 17.7. The van der Waals surface area contributed by atoms with E-state index in [4.69, 9.17) is 4.74 Å². The Labute approximate surface area is 177 Å². The van der Waals surface area contributed by atoms with E-state index >= 15 is 0 Å². The first-order chi connectivity index (χ1) is 14.1. The van der Waals surface area contributed by atoms with Crippen LogP contribution in [0.1, 0.15) is 22.3 Å². The van der Waals surface area contributed by atoms with Crippen LogP contribution in [0.3, 0.4) is 0 Å². The van der Waals surface area contributed by atoms with Gasteiger partial charge in [-0.15, -0.1) is 0 Å². The van der Waals surface area contributed by atoms with Gasteiger partial charge in [0.1, 0.15) is 0 Å². The number of benzene rings is 2. The molecule has 0 aliphatic carbocycles. The Morgan fingerprint density at radius 2 is 1.63 bits per heavy atom. The molecule has 162 valence electrons. The standard InChI is InChI=1S/C21H27N3O5S/c1-15-11-16(2)19(17(3)12-15)14-22-7-9-23(10-8-22)30(27,28)18-5-6-21(29-4)20(13-18)24(25)26/h5-6,11-13H,7-10,14H2,1-4H3. The number of nitrogens with zero attached hydrogens (tertiary/aromatic N) is 3. The average molecular weight is 434 g/mol. The Morgan fingerprint density at radius 3 is 2.17 bits per heavy atom. The van der Waals surface area contributed by atoms with E-state index in [9.17, 15) is 18.5 Å². The minimum atomic E-state index is -3.81. The fourth-order valence-electron chi connectivity index (χ4n) is 3.93. The number of piperazine rings is 1. The molecule has 3 rings (SSSR count). The third kappa shape index (κ3) is 4.48. The van der Waals surface area contributed by atoms with Crippen molar-refractivity contribution in [1.29, 1.82) is 0 Å². The molecule has 1 fully saturated rings. The molecule has 0 amide bonds. The number of methoxy groups -OCH3 is 1. The maximum atomic E-state index is 13.0. The number of hydrogen-bond acceptors (Lipinski definition) is 6. The molecule has 30 heavy (non-hydrogen) atoms. The maximum absolute atomic E-state index is 13.0. The first-order valence-electron chi connectivity index (χ1n) is 9.75. The van der Waals surface area contributed by atoms with E-state index in [1.54, 1.807) is 0 Å². The molecule has 2 aromatic rings. The summed E-state index contributed by atoms with van der Waals surface area (Å²) >= 11 is 0. The van der Waals surface area contributed by atoms with Crippen LogP contribution >= 0.6 is 0 Å². The van der Waals surface area contributed by atoms with E-state index in [-0.39, 0.29) is 16.3 Å². The minimum Gasteiger partial charge on any atom is -0.490 e. The van der Waals surface area contributed by atoms with Crippen molar-refractivity contribution in [3.05, 3.63) is 62.7 Å². The summed E-state index contributed by atoms with van der Waals surface area (Å²) in [6, 6.07) is 8.08. The number of hydrogen-bond donors (Lipinski definition) is 0. The molecule has 0 N–H and O–H groups in total. The summed E-state index contributed by atoms with van der Waals surface area (Å²) in [6.07, 6.45) is 0. The second-order valence-corrected chi connectivity index (χ2v) is 9.59. The summed E-state index contributed by atoms with van der Waals surface area (Å²) in [5.74, 6) is 0.0348. The van der Waals surface area contributed by atoms with Gasteiger partial charge in [-0.25, -0.2) is 8.42 Å². The van der Waals surface area contributed by atoms with Gasteiger partial charge in [0, 0.05) is 38.8 Å². The number of ether oxygens (including phenoxy) is 1. The summed E-state index contributed by atoms with van der Waals surface area (Å²) < 4.78 is 32.4. The number of sulfonamides is 1. The topological polar surface area (TPSA) is 93.0 Å². The van der Waals surface area contributed by atoms with Crippen molar-refractivity contribution in [2.45, 2.75) is 32.2 Å². The quantitative estimate of drug-likeness (QED) is 0.514. The lowest BCUT2D eigenvalue weighted by Gasteiger charge is -2.34. The Morgan fingerprint density at radius 1 is 1.03 bits per heavy atom. The molecule has 0 radical (unpaired) electrons. The van der Waals surface area contributed by atoms with E-state index < -0.39 is 14.9 Å². The van der Waals surface area contributed by atoms with Crippen LogP contribution in [0.15, 0.2) is 35.2 Å². The molecule has 1 aliphatic rings. The second kappa shape index (κ2) is 8.71. The van der Waals surface area contributed by atoms with Gasteiger partial charge < -0.3 is 4.74 Å². The van der Waals surface area contributed by atoms with Gasteiger partial charge in [-0.05, 0) is 49.6 Å². The van der Waals surface area contributed by atoms with Crippen LogP contribution in [-0.2, 0) is 16.6 Å². The van der Waals surface area contributed by atoms with Crippen LogP contribution in [0.4, 0.5) is 5.69 Å². The predicted molar refractivity (Wildman–Crippen MR) is 114 cm³/mol. The van der Waals surface area contributed by atoms with Crippen molar-refractivity contribution in [2.24, 2.45) is 0 Å². The molecule has 1 aliphatic heterocycles. The largest absolute Gasteiger partial charge is 0.490 e. The fraction of sp³-hybridized carbons (Fsp3) is 0.429. The summed E-state index contributed by atoms with van der Waals surface area (Å²) in [5, 5.41) is 11.2. The Bertz CT molecular complexity index is 1040. The lowest BCUT2D eigenvalue weighted by Crippen LogP contribution is -2.48. The molecule has 1 heterocycles. The van der Waals surface area contributed by atoms with Crippen molar-refractivity contribution < 1.29 is 18.1 Å². The Kier molecular flexibility index (Phi) is 6.44. The van der Waals surface area contributed by atoms with Crippen LogP contribution in [-0.4, -0.2) is 55.8 Å². The van der Waals surface area contributed by atoms with Crippen LogP contribution in [0.25, 0.3) is 0 Å². The summed E-state index contributed by atoms with van der Waals surface area (Å²) in [7, 11) is -2.50. The zero-order valence-corrected chi connectivity index (χ0v) is 18.5. The highest BCUT2D eigenvalue weighted by atomic mass is 32.2. The van der Waals surface area contributed by atoms with Gasteiger partial charge in [0.25, 0.3) is 0 Å². The van der Waals surface area contributed by atoms with E-state index in [2.05, 4.69) is 37.8 Å². The van der Waals surface area contributed by atoms with Crippen molar-refractivity contribution >= 4 is 15.7 Å². The van der Waals surface area contributed by atoms with Gasteiger partial charge in [-0.2, -0.15) is 4.31 Å². The lowest BCUT2D eigenvalue weighted by atomic mass is 9.99. The molecule has 2 aromatic carbocycles. The highest BCUT2D eigenvalue weighted by Crippen LogP contribution is 2.31. The zero-order chi connectivity index (χ0) is 22.1. The smallest absolute Gasteiger partial charge is 0.312 e. The number of nitro benzene ring substituents is 1. The average Bonchev–Trinajstić information content (AvgIpc) is 2.70. The summed E-state index contributed by atoms with van der Waals surface area (Å²) in [6.45, 7) is 8.95. The van der Waals surface area contributed by atoms with Gasteiger partial charge in [0.2, 0.25) is 10.0 Å². The van der Waals surface area contributed by atoms with Gasteiger partial charge in [0.05, 0.1) is 16.9 Å². The van der Waals surface area contributed by atoms with Crippen LogP contribution in [0, 0.1) is 30.9 Å². The van der Waals surface area contributed by atoms with E-state index in [0.29, 0.717) is 26.2 Å². The molecular formula is C21H27N3O5S. The fourth-order valence-corrected chi connectivity index (χ4v) is 5.38. The molecule has 0 unspecified atom stereocenters. The van der Waals surface area contributed by atoms with Crippen LogP contribution < -0.4 is 4.74 Å². The first kappa shape index (κ1) is 22.2. The van der Waals surface area contributed by atoms with Gasteiger partial charge in [-0.3, -0.25) is 15.0 Å². The van der Waals surface area contributed by atoms with E-state index in [0.717, 1.165) is 12.6 Å². The normalized spacial score (nSPS) is 15.9. The molecule has 0 bridgehead atoms. The molecule has 0 saturated carbocycles. The number of aryl methyl sites for hydroxylation is 3. The molecule has 0 spiro atoms. The molecule has 9 heteroatoms.